The predicted molar refractivity (Wildman–Crippen MR) is 137 cm³/mol. The van der Waals surface area contributed by atoms with Crippen molar-refractivity contribution in [3.05, 3.63) is 100 Å². The normalized spacial score (nSPS) is 13.1. The fourth-order valence-electron chi connectivity index (χ4n) is 4.37. The Balaban J connectivity index is 1.12. The van der Waals surface area contributed by atoms with Crippen LogP contribution in [-0.4, -0.2) is 36.1 Å². The van der Waals surface area contributed by atoms with Crippen molar-refractivity contribution >= 4 is 23.2 Å². The number of benzene rings is 3. The molecule has 0 aliphatic heterocycles. The van der Waals surface area contributed by atoms with E-state index >= 15 is 0 Å². The van der Waals surface area contributed by atoms with Gasteiger partial charge in [-0.2, -0.15) is 0 Å². The van der Waals surface area contributed by atoms with Gasteiger partial charge in [-0.1, -0.05) is 78.9 Å². The van der Waals surface area contributed by atoms with E-state index in [-0.39, 0.29) is 31.3 Å². The van der Waals surface area contributed by atoms with E-state index in [1.54, 1.807) is 0 Å². The van der Waals surface area contributed by atoms with E-state index in [0.717, 1.165) is 22.4 Å². The van der Waals surface area contributed by atoms with E-state index in [1.165, 1.54) is 22.5 Å². The van der Waals surface area contributed by atoms with Crippen LogP contribution in [0, 0.1) is 0 Å². The highest BCUT2D eigenvalue weighted by atomic mass is 32.1. The van der Waals surface area contributed by atoms with Crippen molar-refractivity contribution in [2.45, 2.75) is 18.4 Å². The number of ether oxygens (including phenoxy) is 1. The van der Waals surface area contributed by atoms with Crippen LogP contribution >= 0.6 is 11.3 Å². The number of thiazole rings is 1. The summed E-state index contributed by atoms with van der Waals surface area (Å²) < 4.78 is 5.51. The summed E-state index contributed by atoms with van der Waals surface area (Å²) in [6, 6.07) is 25.3. The minimum atomic E-state index is -0.834. The van der Waals surface area contributed by atoms with Crippen molar-refractivity contribution < 1.29 is 14.3 Å². The zero-order valence-corrected chi connectivity index (χ0v) is 19.8. The Kier molecular flexibility index (Phi) is 6.70. The van der Waals surface area contributed by atoms with Gasteiger partial charge in [0.1, 0.15) is 11.6 Å². The van der Waals surface area contributed by atoms with Crippen LogP contribution in [0.25, 0.3) is 22.4 Å². The minimum Gasteiger partial charge on any atom is -0.449 e. The smallest absolute Gasteiger partial charge is 0.407 e. The maximum atomic E-state index is 12.6. The molecular formula is C28H25N3O3S. The van der Waals surface area contributed by atoms with Gasteiger partial charge in [0, 0.05) is 23.4 Å². The largest absolute Gasteiger partial charge is 0.449 e. The van der Waals surface area contributed by atoms with Crippen LogP contribution in [0.3, 0.4) is 0 Å². The van der Waals surface area contributed by atoms with Crippen molar-refractivity contribution in [2.24, 2.45) is 5.73 Å². The van der Waals surface area contributed by atoms with E-state index in [1.807, 2.05) is 60.0 Å². The monoisotopic (exact) mass is 483 g/mol. The molecule has 0 fully saturated rings. The molecule has 0 unspecified atom stereocenters. The Morgan fingerprint density at radius 3 is 2.26 bits per heavy atom. The summed E-state index contributed by atoms with van der Waals surface area (Å²) in [6.45, 7) is 0.219. The van der Waals surface area contributed by atoms with Gasteiger partial charge >= 0.3 is 6.09 Å². The third-order valence-corrected chi connectivity index (χ3v) is 7.02. The van der Waals surface area contributed by atoms with Crippen LogP contribution in [0.2, 0.25) is 0 Å². The number of alkyl carbamates (subject to hydrolysis) is 1. The molecule has 3 aromatic carbocycles. The lowest BCUT2D eigenvalue weighted by atomic mass is 9.98. The van der Waals surface area contributed by atoms with E-state index in [0.29, 0.717) is 5.01 Å². The molecule has 1 aliphatic rings. The van der Waals surface area contributed by atoms with Gasteiger partial charge in [-0.05, 0) is 22.3 Å². The summed E-state index contributed by atoms with van der Waals surface area (Å²) in [7, 11) is 0. The number of nitrogens with two attached hydrogens (primary N) is 1. The molecule has 1 aliphatic carbocycles. The standard InChI is InChI=1S/C28H25N3O3S/c29-24(26(32)14-27-31-25(17-35-27)18-8-2-1-3-9-18)15-30-28(33)34-16-23-21-12-6-4-10-19(21)20-11-5-7-13-22(20)23/h1-13,17,23-24H,14-16,29H2,(H,30,33)/t24-/m0/s1. The third-order valence-electron chi connectivity index (χ3n) is 6.17. The lowest BCUT2D eigenvalue weighted by Gasteiger charge is -2.15. The van der Waals surface area contributed by atoms with E-state index < -0.39 is 12.1 Å². The van der Waals surface area contributed by atoms with Gasteiger partial charge in [-0.15, -0.1) is 11.3 Å². The molecule has 3 N–H and O–H groups in total. The highest BCUT2D eigenvalue weighted by molar-refractivity contribution is 7.10. The lowest BCUT2D eigenvalue weighted by molar-refractivity contribution is -0.119. The first-order valence-electron chi connectivity index (χ1n) is 11.5. The molecule has 4 aromatic rings. The summed E-state index contributed by atoms with van der Waals surface area (Å²) in [4.78, 5) is 29.5. The first kappa shape index (κ1) is 23.0. The number of amides is 1. The molecular weight excluding hydrogens is 458 g/mol. The van der Waals surface area contributed by atoms with E-state index in [9.17, 15) is 9.59 Å². The number of aromatic nitrogens is 1. The molecule has 0 bridgehead atoms. The molecule has 1 amide bonds. The topological polar surface area (TPSA) is 94.3 Å². The Morgan fingerprint density at radius 2 is 1.57 bits per heavy atom. The zero-order chi connectivity index (χ0) is 24.2. The quantitative estimate of drug-likeness (QED) is 0.376. The molecule has 1 atom stereocenters. The number of nitrogens with zero attached hydrogens (tertiary/aromatic N) is 1. The molecule has 35 heavy (non-hydrogen) atoms. The average molecular weight is 484 g/mol. The Labute approximate surface area is 207 Å². The summed E-state index contributed by atoms with van der Waals surface area (Å²) in [5.74, 6) is -0.204. The maximum absolute atomic E-state index is 12.6. The number of Topliss-reactive ketones (excluding diaryl/α,β-unsaturated/α-hetero) is 1. The van der Waals surface area contributed by atoms with Crippen LogP contribution < -0.4 is 11.1 Å². The highest BCUT2D eigenvalue weighted by Gasteiger charge is 2.29. The van der Waals surface area contributed by atoms with Crippen LogP contribution in [0.4, 0.5) is 4.79 Å². The molecule has 0 radical (unpaired) electrons. The van der Waals surface area contributed by atoms with Crippen LogP contribution in [0.15, 0.2) is 84.2 Å². The summed E-state index contributed by atoms with van der Waals surface area (Å²) >= 11 is 1.43. The van der Waals surface area contributed by atoms with E-state index in [2.05, 4.69) is 34.6 Å². The van der Waals surface area contributed by atoms with Crippen molar-refractivity contribution in [1.29, 1.82) is 0 Å². The molecule has 7 heteroatoms. The summed E-state index contributed by atoms with van der Waals surface area (Å²) in [6.07, 6.45) is -0.457. The molecule has 1 aromatic heterocycles. The number of carbonyl (C=O) groups excluding carboxylic acids is 2. The van der Waals surface area contributed by atoms with Crippen molar-refractivity contribution in [3.63, 3.8) is 0 Å². The molecule has 5 rings (SSSR count). The highest BCUT2D eigenvalue weighted by Crippen LogP contribution is 2.44. The second kappa shape index (κ2) is 10.2. The number of ketones is 1. The number of hydrogen-bond acceptors (Lipinski definition) is 6. The first-order valence-corrected chi connectivity index (χ1v) is 12.3. The van der Waals surface area contributed by atoms with Gasteiger partial charge in [-0.3, -0.25) is 4.79 Å². The maximum Gasteiger partial charge on any atom is 0.407 e. The number of carbonyl (C=O) groups is 2. The molecule has 1 heterocycles. The lowest BCUT2D eigenvalue weighted by Crippen LogP contribution is -2.43. The Bertz CT molecular complexity index is 1310. The van der Waals surface area contributed by atoms with Gasteiger partial charge in [-0.25, -0.2) is 9.78 Å². The van der Waals surface area contributed by atoms with Gasteiger partial charge in [0.2, 0.25) is 0 Å². The summed E-state index contributed by atoms with van der Waals surface area (Å²) in [5.41, 5.74) is 12.5. The Morgan fingerprint density at radius 1 is 0.943 bits per heavy atom. The number of rotatable bonds is 8. The van der Waals surface area contributed by atoms with Gasteiger partial charge in [0.25, 0.3) is 0 Å². The van der Waals surface area contributed by atoms with Crippen LogP contribution in [-0.2, 0) is 16.0 Å². The van der Waals surface area contributed by atoms with Crippen molar-refractivity contribution in [2.75, 3.05) is 13.2 Å². The van der Waals surface area contributed by atoms with Crippen LogP contribution in [0.5, 0.6) is 0 Å². The molecule has 6 nitrogen and oxygen atoms in total. The molecule has 176 valence electrons. The first-order chi connectivity index (χ1) is 17.1. The van der Waals surface area contributed by atoms with Crippen LogP contribution in [0.1, 0.15) is 22.1 Å². The summed E-state index contributed by atoms with van der Waals surface area (Å²) in [5, 5.41) is 5.26. The van der Waals surface area contributed by atoms with E-state index in [4.69, 9.17) is 10.5 Å². The zero-order valence-electron chi connectivity index (χ0n) is 19.0. The van der Waals surface area contributed by atoms with Gasteiger partial charge in [0.05, 0.1) is 18.2 Å². The minimum absolute atomic E-state index is 0.00637. The SMILES string of the molecule is N[C@@H](CNC(=O)OCC1c2ccccc2-c2ccccc21)C(=O)Cc1nc(-c2ccccc2)cs1. The predicted octanol–water partition coefficient (Wildman–Crippen LogP) is 4.79. The second-order valence-electron chi connectivity index (χ2n) is 8.45. The van der Waals surface area contributed by atoms with Gasteiger partial charge in [0.15, 0.2) is 5.78 Å². The number of hydrogen-bond donors (Lipinski definition) is 2. The molecule has 0 spiro atoms. The molecule has 0 saturated carbocycles. The number of fused-ring (bicyclic) bond motifs is 3. The van der Waals surface area contributed by atoms with Crippen molar-refractivity contribution in [1.82, 2.24) is 10.3 Å². The third kappa shape index (κ3) is 5.01. The fourth-order valence-corrected chi connectivity index (χ4v) is 5.18. The van der Waals surface area contributed by atoms with Gasteiger partial charge < -0.3 is 15.8 Å². The van der Waals surface area contributed by atoms with Crippen molar-refractivity contribution in [3.8, 4) is 22.4 Å². The molecule has 0 saturated heterocycles. The number of nitrogens with one attached hydrogen (secondary N) is 1. The fraction of sp³-hybridized carbons (Fsp3) is 0.179. The second-order valence-corrected chi connectivity index (χ2v) is 9.39. The average Bonchev–Trinajstić information content (AvgIpc) is 3.49. The Hall–Kier alpha value is -3.81.